The third-order valence-electron chi connectivity index (χ3n) is 3.02. The zero-order valence-corrected chi connectivity index (χ0v) is 12.5. The van der Waals surface area contributed by atoms with Crippen molar-refractivity contribution in [3.8, 4) is 6.07 Å². The van der Waals surface area contributed by atoms with Gasteiger partial charge in [0, 0.05) is 30.3 Å². The Morgan fingerprint density at radius 3 is 2.67 bits per heavy atom. The summed E-state index contributed by atoms with van der Waals surface area (Å²) in [6.45, 7) is 6.43. The van der Waals surface area contributed by atoms with Gasteiger partial charge in [0.15, 0.2) is 0 Å². The van der Waals surface area contributed by atoms with Gasteiger partial charge in [-0.3, -0.25) is 14.9 Å². The monoisotopic (exact) mass is 289 g/mol. The van der Waals surface area contributed by atoms with E-state index < -0.39 is 4.92 Å². The highest BCUT2D eigenvalue weighted by atomic mass is 16.6. The van der Waals surface area contributed by atoms with Crippen LogP contribution in [0.4, 0.5) is 5.69 Å². The minimum absolute atomic E-state index is 0.0642. The van der Waals surface area contributed by atoms with Crippen LogP contribution in [0.2, 0.25) is 0 Å². The molecule has 6 heteroatoms. The molecule has 0 saturated heterocycles. The van der Waals surface area contributed by atoms with Gasteiger partial charge in [0.05, 0.1) is 17.4 Å². The number of hydrogen-bond acceptors (Lipinski definition) is 4. The predicted molar refractivity (Wildman–Crippen MR) is 78.8 cm³/mol. The van der Waals surface area contributed by atoms with Gasteiger partial charge in [-0.15, -0.1) is 0 Å². The molecule has 0 fully saturated rings. The Bertz CT molecular complexity index is 576. The summed E-state index contributed by atoms with van der Waals surface area (Å²) in [6.07, 6.45) is 0.242. The third-order valence-corrected chi connectivity index (χ3v) is 3.02. The first kappa shape index (κ1) is 16.6. The molecular weight excluding hydrogens is 270 g/mol. The van der Waals surface area contributed by atoms with Crippen molar-refractivity contribution in [1.29, 1.82) is 5.26 Å². The minimum atomic E-state index is -0.492. The second-order valence-electron chi connectivity index (χ2n) is 5.31. The summed E-state index contributed by atoms with van der Waals surface area (Å²) in [7, 11) is 0. The molecular formula is C15H19N3O3. The molecule has 0 atom stereocenters. The molecule has 1 aromatic rings. The summed E-state index contributed by atoms with van der Waals surface area (Å²) in [4.78, 5) is 24.5. The normalized spacial score (nSPS) is 10.2. The van der Waals surface area contributed by atoms with Crippen molar-refractivity contribution in [3.63, 3.8) is 0 Å². The number of nitro groups is 1. The SMILES string of the molecule is Cc1ccc(C(=O)N(CCC#N)CC(C)C)cc1[N+](=O)[O-]. The van der Waals surface area contributed by atoms with E-state index in [2.05, 4.69) is 0 Å². The predicted octanol–water partition coefficient (Wildman–Crippen LogP) is 2.92. The molecule has 0 N–H and O–H groups in total. The molecule has 0 radical (unpaired) electrons. The molecule has 1 aromatic carbocycles. The van der Waals surface area contributed by atoms with Crippen molar-refractivity contribution in [1.82, 2.24) is 4.90 Å². The van der Waals surface area contributed by atoms with E-state index >= 15 is 0 Å². The fourth-order valence-electron chi connectivity index (χ4n) is 2.02. The van der Waals surface area contributed by atoms with Crippen molar-refractivity contribution < 1.29 is 9.72 Å². The van der Waals surface area contributed by atoms with Crippen LogP contribution in [0, 0.1) is 34.3 Å². The van der Waals surface area contributed by atoms with Gasteiger partial charge >= 0.3 is 0 Å². The Balaban J connectivity index is 3.05. The second-order valence-corrected chi connectivity index (χ2v) is 5.31. The van der Waals surface area contributed by atoms with Crippen molar-refractivity contribution in [2.45, 2.75) is 27.2 Å². The summed E-state index contributed by atoms with van der Waals surface area (Å²) in [5.74, 6) is -0.0184. The molecule has 0 aliphatic carbocycles. The highest BCUT2D eigenvalue weighted by Crippen LogP contribution is 2.20. The third kappa shape index (κ3) is 4.56. The van der Waals surface area contributed by atoms with Gasteiger partial charge in [-0.2, -0.15) is 5.26 Å². The van der Waals surface area contributed by atoms with Crippen molar-refractivity contribution in [3.05, 3.63) is 39.4 Å². The first-order valence-electron chi connectivity index (χ1n) is 6.78. The first-order valence-corrected chi connectivity index (χ1v) is 6.78. The lowest BCUT2D eigenvalue weighted by molar-refractivity contribution is -0.385. The largest absolute Gasteiger partial charge is 0.337 e. The van der Waals surface area contributed by atoms with E-state index in [0.717, 1.165) is 0 Å². The lowest BCUT2D eigenvalue weighted by Crippen LogP contribution is -2.35. The fraction of sp³-hybridized carbons (Fsp3) is 0.467. The van der Waals surface area contributed by atoms with Crippen LogP contribution in [0.5, 0.6) is 0 Å². The molecule has 0 heterocycles. The molecule has 21 heavy (non-hydrogen) atoms. The minimum Gasteiger partial charge on any atom is -0.337 e. The van der Waals surface area contributed by atoms with Crippen molar-refractivity contribution in [2.24, 2.45) is 5.92 Å². The molecule has 0 bridgehead atoms. The quantitative estimate of drug-likeness (QED) is 0.595. The van der Waals surface area contributed by atoms with Crippen LogP contribution in [-0.4, -0.2) is 28.8 Å². The molecule has 112 valence electrons. The lowest BCUT2D eigenvalue weighted by Gasteiger charge is -2.23. The zero-order valence-electron chi connectivity index (χ0n) is 12.5. The molecule has 0 unspecified atom stereocenters. The Morgan fingerprint density at radius 2 is 2.14 bits per heavy atom. The molecule has 0 saturated carbocycles. The maximum atomic E-state index is 12.5. The maximum Gasteiger partial charge on any atom is 0.273 e. The average molecular weight is 289 g/mol. The highest BCUT2D eigenvalue weighted by molar-refractivity contribution is 5.95. The van der Waals surface area contributed by atoms with Crippen LogP contribution < -0.4 is 0 Å². The molecule has 0 aliphatic heterocycles. The van der Waals surface area contributed by atoms with E-state index in [9.17, 15) is 14.9 Å². The van der Waals surface area contributed by atoms with Crippen LogP contribution in [-0.2, 0) is 0 Å². The maximum absolute atomic E-state index is 12.5. The summed E-state index contributed by atoms with van der Waals surface area (Å²) in [5, 5.41) is 19.6. The van der Waals surface area contributed by atoms with Gasteiger partial charge in [-0.1, -0.05) is 19.9 Å². The van der Waals surface area contributed by atoms with Gasteiger partial charge < -0.3 is 4.90 Å². The van der Waals surface area contributed by atoms with Crippen molar-refractivity contribution >= 4 is 11.6 Å². The van der Waals surface area contributed by atoms with Gasteiger partial charge in [0.2, 0.25) is 0 Å². The number of hydrogen-bond donors (Lipinski definition) is 0. The number of aryl methyl sites for hydroxylation is 1. The number of nitrogens with zero attached hydrogens (tertiary/aromatic N) is 3. The average Bonchev–Trinajstić information content (AvgIpc) is 2.42. The summed E-state index contributed by atoms with van der Waals surface area (Å²) >= 11 is 0. The Labute approximate surface area is 124 Å². The molecule has 0 aromatic heterocycles. The number of benzene rings is 1. The van der Waals surface area contributed by atoms with Crippen LogP contribution in [0.3, 0.4) is 0 Å². The molecule has 0 aliphatic rings. The van der Waals surface area contributed by atoms with Crippen LogP contribution in [0.1, 0.15) is 36.2 Å². The smallest absolute Gasteiger partial charge is 0.273 e. The molecule has 0 spiro atoms. The topological polar surface area (TPSA) is 87.2 Å². The standard InChI is InChI=1S/C15H19N3O3/c1-11(2)10-17(8-4-7-16)15(19)13-6-5-12(3)14(9-13)18(20)21/h5-6,9,11H,4,8,10H2,1-3H3. The van der Waals surface area contributed by atoms with Crippen LogP contribution in [0.25, 0.3) is 0 Å². The molecule has 1 rings (SSSR count). The second kappa shape index (κ2) is 7.39. The van der Waals surface area contributed by atoms with E-state index in [1.165, 1.54) is 6.07 Å². The van der Waals surface area contributed by atoms with E-state index in [4.69, 9.17) is 5.26 Å². The highest BCUT2D eigenvalue weighted by Gasteiger charge is 2.20. The van der Waals surface area contributed by atoms with E-state index in [1.807, 2.05) is 19.9 Å². The van der Waals surface area contributed by atoms with E-state index in [-0.39, 0.29) is 29.5 Å². The number of nitro benzene ring substituents is 1. The number of nitriles is 1. The number of amides is 1. The van der Waals surface area contributed by atoms with E-state index in [0.29, 0.717) is 18.7 Å². The van der Waals surface area contributed by atoms with Gasteiger partial charge in [0.1, 0.15) is 0 Å². The Morgan fingerprint density at radius 1 is 1.48 bits per heavy atom. The van der Waals surface area contributed by atoms with Crippen LogP contribution in [0.15, 0.2) is 18.2 Å². The van der Waals surface area contributed by atoms with Crippen LogP contribution >= 0.6 is 0 Å². The van der Waals surface area contributed by atoms with Gasteiger partial charge in [-0.05, 0) is 18.9 Å². The number of carbonyl (C=O) groups is 1. The molecule has 6 nitrogen and oxygen atoms in total. The number of rotatable bonds is 6. The van der Waals surface area contributed by atoms with Gasteiger partial charge in [0.25, 0.3) is 11.6 Å². The summed E-state index contributed by atoms with van der Waals surface area (Å²) < 4.78 is 0. The van der Waals surface area contributed by atoms with E-state index in [1.54, 1.807) is 24.0 Å². The lowest BCUT2D eigenvalue weighted by atomic mass is 10.1. The van der Waals surface area contributed by atoms with Crippen molar-refractivity contribution in [2.75, 3.05) is 13.1 Å². The Hall–Kier alpha value is -2.42. The summed E-state index contributed by atoms with van der Waals surface area (Å²) in [5.41, 5.74) is 0.737. The number of carbonyl (C=O) groups excluding carboxylic acids is 1. The zero-order chi connectivity index (χ0) is 16.0. The summed E-state index contributed by atoms with van der Waals surface area (Å²) in [6, 6.07) is 6.48. The molecule has 1 amide bonds. The fourth-order valence-corrected chi connectivity index (χ4v) is 2.02. The van der Waals surface area contributed by atoms with Gasteiger partial charge in [-0.25, -0.2) is 0 Å². The Kier molecular flexibility index (Phi) is 5.85. The first-order chi connectivity index (χ1) is 9.86.